The fourth-order valence-electron chi connectivity index (χ4n) is 4.57. The van der Waals surface area contributed by atoms with Crippen molar-refractivity contribution >= 4 is 23.4 Å². The van der Waals surface area contributed by atoms with Crippen molar-refractivity contribution in [3.8, 4) is 11.5 Å². The van der Waals surface area contributed by atoms with Gasteiger partial charge in [-0.05, 0) is 62.1 Å². The van der Waals surface area contributed by atoms with Crippen LogP contribution in [0.4, 0.5) is 4.39 Å². The van der Waals surface area contributed by atoms with Crippen LogP contribution in [0.2, 0.25) is 0 Å². The van der Waals surface area contributed by atoms with Crippen molar-refractivity contribution < 1.29 is 23.5 Å². The largest absolute Gasteiger partial charge is 0.493 e. The predicted molar refractivity (Wildman–Crippen MR) is 139 cm³/mol. The van der Waals surface area contributed by atoms with Crippen LogP contribution in [0.15, 0.2) is 42.5 Å². The van der Waals surface area contributed by atoms with Crippen LogP contribution < -0.4 is 14.8 Å². The predicted octanol–water partition coefficient (Wildman–Crippen LogP) is 5.77. The van der Waals surface area contributed by atoms with Gasteiger partial charge in [0, 0.05) is 12.6 Å². The number of amides is 2. The first kappa shape index (κ1) is 27.8. The third-order valence-electron chi connectivity index (χ3n) is 6.33. The minimum absolute atomic E-state index is 0.0479. The zero-order valence-electron chi connectivity index (χ0n) is 21.3. The van der Waals surface area contributed by atoms with E-state index in [1.807, 2.05) is 13.8 Å². The van der Waals surface area contributed by atoms with Crippen LogP contribution in [0.5, 0.6) is 11.5 Å². The number of methoxy groups -OCH3 is 1. The summed E-state index contributed by atoms with van der Waals surface area (Å²) in [6.07, 6.45) is 6.19. The first-order valence-corrected chi connectivity index (χ1v) is 13.1. The summed E-state index contributed by atoms with van der Waals surface area (Å²) in [5.74, 6) is -0.325. The fraction of sp³-hybridized carbons (Fsp3) is 0.500. The van der Waals surface area contributed by atoms with E-state index in [-0.39, 0.29) is 36.3 Å². The Morgan fingerprint density at radius 1 is 1.06 bits per heavy atom. The van der Waals surface area contributed by atoms with Gasteiger partial charge in [-0.15, -0.1) is 11.6 Å². The monoisotopic (exact) mass is 518 g/mol. The van der Waals surface area contributed by atoms with Gasteiger partial charge in [0.2, 0.25) is 11.8 Å². The van der Waals surface area contributed by atoms with Crippen LogP contribution in [0.1, 0.15) is 69.5 Å². The van der Waals surface area contributed by atoms with E-state index in [2.05, 4.69) is 5.32 Å². The standard InChI is InChI=1S/C28H36ClFN2O4/c1-19(2)36-24-15-12-21(16-25(24)35-3)27(28(34)31-23-8-6-4-5-7-9-23)32(26(33)17-29)18-20-10-13-22(30)14-11-20/h10-16,19,23,27H,4-9,17-18H2,1-3H3,(H,31,34)/t27-/m0/s1. The molecule has 1 atom stereocenters. The summed E-state index contributed by atoms with van der Waals surface area (Å²) in [7, 11) is 1.53. The lowest BCUT2D eigenvalue weighted by molar-refractivity contribution is -0.140. The summed E-state index contributed by atoms with van der Waals surface area (Å²) in [5, 5.41) is 3.19. The molecule has 0 aliphatic heterocycles. The topological polar surface area (TPSA) is 67.9 Å². The van der Waals surface area contributed by atoms with Gasteiger partial charge in [-0.3, -0.25) is 9.59 Å². The molecule has 1 aliphatic rings. The summed E-state index contributed by atoms with van der Waals surface area (Å²) in [6, 6.07) is 10.2. The van der Waals surface area contributed by atoms with Gasteiger partial charge in [-0.2, -0.15) is 0 Å². The van der Waals surface area contributed by atoms with E-state index in [9.17, 15) is 14.0 Å². The molecule has 2 aromatic rings. The highest BCUT2D eigenvalue weighted by Crippen LogP contribution is 2.34. The van der Waals surface area contributed by atoms with Crippen molar-refractivity contribution in [3.63, 3.8) is 0 Å². The molecule has 0 heterocycles. The number of benzene rings is 2. The molecule has 6 nitrogen and oxygen atoms in total. The molecular weight excluding hydrogens is 483 g/mol. The quantitative estimate of drug-likeness (QED) is 0.320. The third-order valence-corrected chi connectivity index (χ3v) is 6.56. The van der Waals surface area contributed by atoms with Gasteiger partial charge < -0.3 is 19.7 Å². The zero-order valence-corrected chi connectivity index (χ0v) is 22.0. The van der Waals surface area contributed by atoms with Crippen LogP contribution in [0, 0.1) is 5.82 Å². The first-order chi connectivity index (χ1) is 17.3. The van der Waals surface area contributed by atoms with E-state index in [1.165, 1.54) is 24.1 Å². The number of halogens is 2. The summed E-state index contributed by atoms with van der Waals surface area (Å²) < 4.78 is 24.9. The van der Waals surface area contributed by atoms with E-state index < -0.39 is 11.9 Å². The molecule has 8 heteroatoms. The Bertz CT molecular complexity index is 1010. The Morgan fingerprint density at radius 3 is 2.31 bits per heavy atom. The lowest BCUT2D eigenvalue weighted by Gasteiger charge is -2.32. The van der Waals surface area contributed by atoms with Crippen LogP contribution in [0.25, 0.3) is 0 Å². The van der Waals surface area contributed by atoms with Gasteiger partial charge in [0.05, 0.1) is 13.2 Å². The number of rotatable bonds is 10. The summed E-state index contributed by atoms with van der Waals surface area (Å²) in [6.45, 7) is 3.93. The number of hydrogen-bond donors (Lipinski definition) is 1. The van der Waals surface area contributed by atoms with Crippen molar-refractivity contribution in [2.45, 2.75) is 77.1 Å². The van der Waals surface area contributed by atoms with E-state index in [0.29, 0.717) is 22.6 Å². The highest BCUT2D eigenvalue weighted by Gasteiger charge is 2.33. The number of ether oxygens (including phenoxy) is 2. The maximum Gasteiger partial charge on any atom is 0.247 e. The Kier molecular flexibility index (Phi) is 10.4. The molecular formula is C28H36ClFN2O4. The molecule has 2 amide bonds. The molecule has 3 rings (SSSR count). The lowest BCUT2D eigenvalue weighted by Crippen LogP contribution is -2.46. The molecule has 0 spiro atoms. The fourth-order valence-corrected chi connectivity index (χ4v) is 4.72. The van der Waals surface area contributed by atoms with Crippen molar-refractivity contribution in [2.75, 3.05) is 13.0 Å². The molecule has 196 valence electrons. The van der Waals surface area contributed by atoms with Crippen LogP contribution >= 0.6 is 11.6 Å². The number of carbonyl (C=O) groups excluding carboxylic acids is 2. The normalized spacial score (nSPS) is 15.2. The Labute approximate surface area is 218 Å². The van der Waals surface area contributed by atoms with Crippen molar-refractivity contribution in [3.05, 3.63) is 59.4 Å². The van der Waals surface area contributed by atoms with Gasteiger partial charge >= 0.3 is 0 Å². The molecule has 2 aromatic carbocycles. The SMILES string of the molecule is COc1cc([C@@H](C(=O)NC2CCCCCC2)N(Cc2ccc(F)cc2)C(=O)CCl)ccc1OC(C)C. The minimum Gasteiger partial charge on any atom is -0.493 e. The third kappa shape index (κ3) is 7.60. The van der Waals surface area contributed by atoms with E-state index in [4.69, 9.17) is 21.1 Å². The van der Waals surface area contributed by atoms with Crippen LogP contribution in [-0.2, 0) is 16.1 Å². The minimum atomic E-state index is -0.952. The molecule has 1 saturated carbocycles. The van der Waals surface area contributed by atoms with Crippen LogP contribution in [-0.4, -0.2) is 41.8 Å². The second-order valence-electron chi connectivity index (χ2n) is 9.46. The molecule has 0 aromatic heterocycles. The van der Waals surface area contributed by atoms with Crippen molar-refractivity contribution in [1.82, 2.24) is 10.2 Å². The average molecular weight is 519 g/mol. The first-order valence-electron chi connectivity index (χ1n) is 12.6. The lowest BCUT2D eigenvalue weighted by atomic mass is 10.0. The summed E-state index contributed by atoms with van der Waals surface area (Å²) >= 11 is 6.00. The average Bonchev–Trinajstić information content (AvgIpc) is 3.13. The van der Waals surface area contributed by atoms with Gasteiger partial charge in [0.1, 0.15) is 17.7 Å². The second-order valence-corrected chi connectivity index (χ2v) is 9.73. The van der Waals surface area contributed by atoms with Gasteiger partial charge in [0.15, 0.2) is 11.5 Å². The van der Waals surface area contributed by atoms with Gasteiger partial charge in [-0.25, -0.2) is 4.39 Å². The van der Waals surface area contributed by atoms with Gasteiger partial charge in [0.25, 0.3) is 0 Å². The van der Waals surface area contributed by atoms with Crippen LogP contribution in [0.3, 0.4) is 0 Å². The Morgan fingerprint density at radius 2 is 1.72 bits per heavy atom. The molecule has 1 fully saturated rings. The summed E-state index contributed by atoms with van der Waals surface area (Å²) in [5.41, 5.74) is 1.27. The van der Waals surface area contributed by atoms with Crippen molar-refractivity contribution in [2.24, 2.45) is 0 Å². The van der Waals surface area contributed by atoms with Gasteiger partial charge in [-0.1, -0.05) is 43.9 Å². The highest BCUT2D eigenvalue weighted by molar-refractivity contribution is 6.27. The summed E-state index contributed by atoms with van der Waals surface area (Å²) in [4.78, 5) is 28.4. The number of nitrogens with zero attached hydrogens (tertiary/aromatic N) is 1. The smallest absolute Gasteiger partial charge is 0.247 e. The van der Waals surface area contributed by atoms with E-state index in [1.54, 1.807) is 30.3 Å². The maximum absolute atomic E-state index is 13.8. The number of hydrogen-bond acceptors (Lipinski definition) is 4. The Balaban J connectivity index is 2.01. The van der Waals surface area contributed by atoms with E-state index >= 15 is 0 Å². The zero-order chi connectivity index (χ0) is 26.1. The Hall–Kier alpha value is -2.80. The van der Waals surface area contributed by atoms with Crippen molar-refractivity contribution in [1.29, 1.82) is 0 Å². The maximum atomic E-state index is 13.8. The molecule has 0 unspecified atom stereocenters. The molecule has 1 N–H and O–H groups in total. The second kappa shape index (κ2) is 13.5. The van der Waals surface area contributed by atoms with E-state index in [0.717, 1.165) is 38.5 Å². The molecule has 0 bridgehead atoms. The molecule has 36 heavy (non-hydrogen) atoms. The highest BCUT2D eigenvalue weighted by atomic mass is 35.5. The number of carbonyl (C=O) groups is 2. The molecule has 1 aliphatic carbocycles. The number of alkyl halides is 1. The molecule has 0 radical (unpaired) electrons. The number of nitrogens with one attached hydrogen (secondary N) is 1. The molecule has 0 saturated heterocycles.